The summed E-state index contributed by atoms with van der Waals surface area (Å²) in [7, 11) is -3.54. The first kappa shape index (κ1) is 17.4. The van der Waals surface area contributed by atoms with Crippen molar-refractivity contribution in [2.45, 2.75) is 23.8 Å². The van der Waals surface area contributed by atoms with E-state index >= 15 is 0 Å². The Morgan fingerprint density at radius 2 is 1.82 bits per heavy atom. The minimum atomic E-state index is -3.54. The number of aromatic nitrogens is 1. The summed E-state index contributed by atoms with van der Waals surface area (Å²) in [5.41, 5.74) is 1.70. The highest BCUT2D eigenvalue weighted by molar-refractivity contribution is 7.89. The second kappa shape index (κ2) is 6.16. The topological polar surface area (TPSA) is 99.3 Å². The van der Waals surface area contributed by atoms with E-state index in [4.69, 9.17) is 0 Å². The first-order chi connectivity index (χ1) is 13.4. The van der Waals surface area contributed by atoms with E-state index in [9.17, 15) is 18.3 Å². The average Bonchev–Trinajstić information content (AvgIpc) is 3.32. The van der Waals surface area contributed by atoms with E-state index in [1.165, 1.54) is 29.5 Å². The molecule has 0 radical (unpaired) electrons. The van der Waals surface area contributed by atoms with Gasteiger partial charge in [0.2, 0.25) is 10.0 Å². The number of phenols is 1. The van der Waals surface area contributed by atoms with Gasteiger partial charge in [0.05, 0.1) is 4.90 Å². The van der Waals surface area contributed by atoms with Crippen molar-refractivity contribution >= 4 is 42.3 Å². The lowest BCUT2D eigenvalue weighted by atomic mass is 9.97. The zero-order valence-electron chi connectivity index (χ0n) is 14.6. The summed E-state index contributed by atoms with van der Waals surface area (Å²) in [6, 6.07) is 11.5. The minimum absolute atomic E-state index is 0.0375. The van der Waals surface area contributed by atoms with Crippen LogP contribution in [0.25, 0.3) is 32.1 Å². The van der Waals surface area contributed by atoms with Crippen LogP contribution in [0.4, 0.5) is 0 Å². The summed E-state index contributed by atoms with van der Waals surface area (Å²) in [6.45, 7) is 0. The van der Waals surface area contributed by atoms with Crippen LogP contribution < -0.4 is 10.3 Å². The van der Waals surface area contributed by atoms with Crippen LogP contribution in [0, 0.1) is 0 Å². The summed E-state index contributed by atoms with van der Waals surface area (Å²) < 4.78 is 28.0. The van der Waals surface area contributed by atoms with Crippen molar-refractivity contribution in [3.8, 4) is 16.9 Å². The van der Waals surface area contributed by atoms with Crippen LogP contribution in [0.1, 0.15) is 12.8 Å². The number of sulfonamides is 1. The van der Waals surface area contributed by atoms with Crippen molar-refractivity contribution in [2.75, 3.05) is 0 Å². The maximum Gasteiger partial charge on any atom is 0.266 e. The lowest BCUT2D eigenvalue weighted by molar-refractivity contribution is 0.478. The van der Waals surface area contributed by atoms with Gasteiger partial charge in [-0.15, -0.1) is 11.3 Å². The van der Waals surface area contributed by atoms with Crippen LogP contribution in [-0.4, -0.2) is 24.6 Å². The smallest absolute Gasteiger partial charge is 0.266 e. The van der Waals surface area contributed by atoms with E-state index in [1.54, 1.807) is 18.2 Å². The molecule has 8 heteroatoms. The third-order valence-corrected chi connectivity index (χ3v) is 7.37. The number of pyridine rings is 1. The highest BCUT2D eigenvalue weighted by Crippen LogP contribution is 2.39. The number of hydrogen-bond acceptors (Lipinski definition) is 5. The van der Waals surface area contributed by atoms with Gasteiger partial charge in [-0.2, -0.15) is 0 Å². The molecule has 0 aliphatic heterocycles. The molecule has 0 spiro atoms. The molecule has 4 aromatic rings. The normalized spacial score (nSPS) is 14.7. The van der Waals surface area contributed by atoms with E-state index in [2.05, 4.69) is 9.71 Å². The van der Waals surface area contributed by atoms with Gasteiger partial charge in [0, 0.05) is 27.9 Å². The highest BCUT2D eigenvalue weighted by atomic mass is 32.2. The second-order valence-electron chi connectivity index (χ2n) is 6.92. The molecule has 3 N–H and O–H groups in total. The largest absolute Gasteiger partial charge is 0.507 e. The number of rotatable bonds is 4. The monoisotopic (exact) mass is 412 g/mol. The van der Waals surface area contributed by atoms with Gasteiger partial charge < -0.3 is 10.1 Å². The molecule has 0 bridgehead atoms. The molecule has 1 saturated carbocycles. The number of aromatic hydroxyl groups is 1. The summed E-state index contributed by atoms with van der Waals surface area (Å²) in [5, 5.41) is 13.9. The van der Waals surface area contributed by atoms with Crippen LogP contribution in [0.3, 0.4) is 0 Å². The van der Waals surface area contributed by atoms with E-state index in [0.29, 0.717) is 21.3 Å². The Hall–Kier alpha value is -2.68. The first-order valence-corrected chi connectivity index (χ1v) is 11.2. The highest BCUT2D eigenvalue weighted by Gasteiger charge is 2.28. The van der Waals surface area contributed by atoms with Crippen molar-refractivity contribution in [2.24, 2.45) is 0 Å². The quantitative estimate of drug-likeness (QED) is 0.477. The van der Waals surface area contributed by atoms with Crippen molar-refractivity contribution < 1.29 is 13.5 Å². The van der Waals surface area contributed by atoms with Crippen molar-refractivity contribution in [1.29, 1.82) is 0 Å². The maximum atomic E-state index is 12.4. The third-order valence-electron chi connectivity index (χ3n) is 4.92. The van der Waals surface area contributed by atoms with Gasteiger partial charge in [0.1, 0.15) is 10.4 Å². The molecule has 1 fully saturated rings. The second-order valence-corrected chi connectivity index (χ2v) is 9.55. The fourth-order valence-corrected chi connectivity index (χ4v) is 5.52. The number of thiophene rings is 1. The molecule has 28 heavy (non-hydrogen) atoms. The number of phenolic OH excluding ortho intramolecular Hbond substituents is 1. The molecule has 2 aromatic carbocycles. The molecule has 6 nitrogen and oxygen atoms in total. The molecule has 1 aliphatic rings. The average molecular weight is 412 g/mol. The number of fused-ring (bicyclic) bond motifs is 3. The molecule has 142 valence electrons. The summed E-state index contributed by atoms with van der Waals surface area (Å²) >= 11 is 1.34. The first-order valence-electron chi connectivity index (χ1n) is 8.82. The Kier molecular flexibility index (Phi) is 3.84. The summed E-state index contributed by atoms with van der Waals surface area (Å²) in [4.78, 5) is 15.3. The number of benzene rings is 2. The van der Waals surface area contributed by atoms with Crippen molar-refractivity contribution in [3.05, 3.63) is 58.2 Å². The number of H-pyrrole nitrogens is 1. The predicted molar refractivity (Wildman–Crippen MR) is 110 cm³/mol. The van der Waals surface area contributed by atoms with Gasteiger partial charge in [-0.05, 0) is 54.1 Å². The van der Waals surface area contributed by atoms with Crippen molar-refractivity contribution in [1.82, 2.24) is 9.71 Å². The maximum absolute atomic E-state index is 12.4. The van der Waals surface area contributed by atoms with Crippen LogP contribution in [0.15, 0.2) is 57.5 Å². The van der Waals surface area contributed by atoms with Crippen LogP contribution >= 0.6 is 11.3 Å². The minimum Gasteiger partial charge on any atom is -0.507 e. The molecule has 1 aliphatic carbocycles. The lowest BCUT2D eigenvalue weighted by Crippen LogP contribution is -2.25. The van der Waals surface area contributed by atoms with Crippen LogP contribution in [-0.2, 0) is 10.0 Å². The summed E-state index contributed by atoms with van der Waals surface area (Å²) in [6.07, 6.45) is 1.74. The Labute approximate surface area is 164 Å². The third kappa shape index (κ3) is 2.81. The number of hydrogen-bond donors (Lipinski definition) is 3. The van der Waals surface area contributed by atoms with E-state index in [0.717, 1.165) is 23.6 Å². The molecular weight excluding hydrogens is 396 g/mol. The van der Waals surface area contributed by atoms with Gasteiger partial charge in [-0.25, -0.2) is 13.1 Å². The molecule has 0 saturated heterocycles. The zero-order valence-corrected chi connectivity index (χ0v) is 16.2. The Morgan fingerprint density at radius 3 is 2.54 bits per heavy atom. The van der Waals surface area contributed by atoms with Gasteiger partial charge in [-0.1, -0.05) is 12.1 Å². The van der Waals surface area contributed by atoms with Gasteiger partial charge in [0.15, 0.2) is 0 Å². The predicted octanol–water partition coefficient (Wildman–Crippen LogP) is 3.56. The van der Waals surface area contributed by atoms with E-state index in [-0.39, 0.29) is 22.2 Å². The SMILES string of the molecule is O=c1[nH]c2ccc(O)c(-c3ccc(S(=O)(=O)NC4CC4)cc3)c2c2ccsc12. The molecule has 2 heterocycles. The Bertz CT molecular complexity index is 1380. The van der Waals surface area contributed by atoms with Crippen LogP contribution in [0.5, 0.6) is 5.75 Å². The number of aromatic amines is 1. The standard InChI is InChI=1S/C20H16N2O4S2/c23-16-8-7-15-18(14-9-10-27-19(14)20(24)21-15)17(16)11-1-5-13(6-2-11)28(25,26)22-12-3-4-12/h1-2,5-10,12,22-23H,3-4H2,(H,21,24). The van der Waals surface area contributed by atoms with E-state index in [1.807, 2.05) is 11.4 Å². The molecular formula is C20H16N2O4S2. The van der Waals surface area contributed by atoms with E-state index < -0.39 is 10.0 Å². The lowest BCUT2D eigenvalue weighted by Gasteiger charge is -2.12. The molecule has 0 amide bonds. The fourth-order valence-electron chi connectivity index (χ4n) is 3.42. The van der Waals surface area contributed by atoms with Gasteiger partial charge >= 0.3 is 0 Å². The fraction of sp³-hybridized carbons (Fsp3) is 0.150. The Morgan fingerprint density at radius 1 is 1.07 bits per heavy atom. The van der Waals surface area contributed by atoms with Crippen LogP contribution in [0.2, 0.25) is 0 Å². The molecule has 5 rings (SSSR count). The Balaban J connectivity index is 1.70. The summed E-state index contributed by atoms with van der Waals surface area (Å²) in [5.74, 6) is 0.0683. The molecule has 0 atom stereocenters. The van der Waals surface area contributed by atoms with Gasteiger partial charge in [0.25, 0.3) is 5.56 Å². The molecule has 0 unspecified atom stereocenters. The number of nitrogens with one attached hydrogen (secondary N) is 2. The van der Waals surface area contributed by atoms with Gasteiger partial charge in [-0.3, -0.25) is 4.79 Å². The molecule has 2 aromatic heterocycles. The van der Waals surface area contributed by atoms with Crippen molar-refractivity contribution in [3.63, 3.8) is 0 Å². The zero-order chi connectivity index (χ0) is 19.5.